The molecule has 0 aliphatic rings. The second-order valence-corrected chi connectivity index (χ2v) is 4.90. The van der Waals surface area contributed by atoms with Crippen molar-refractivity contribution >= 4 is 0 Å². The Bertz CT molecular complexity index is 515. The van der Waals surface area contributed by atoms with Gasteiger partial charge >= 0.3 is 0 Å². The molecule has 0 spiro atoms. The van der Waals surface area contributed by atoms with Crippen LogP contribution in [-0.4, -0.2) is 11.2 Å². The fourth-order valence-electron chi connectivity index (χ4n) is 2.17. The van der Waals surface area contributed by atoms with E-state index in [9.17, 15) is 5.11 Å². The van der Waals surface area contributed by atoms with Gasteiger partial charge in [-0.15, -0.1) is 0 Å². The van der Waals surface area contributed by atoms with Crippen LogP contribution in [0.4, 0.5) is 0 Å². The molecule has 0 amide bonds. The van der Waals surface area contributed by atoms with Crippen LogP contribution in [0.15, 0.2) is 48.5 Å². The molecule has 1 heteroatoms. The van der Waals surface area contributed by atoms with E-state index in [1.807, 2.05) is 6.92 Å². The molecule has 0 aliphatic carbocycles. The summed E-state index contributed by atoms with van der Waals surface area (Å²) in [5, 5.41) is 9.34. The largest absolute Gasteiger partial charge is 0.393 e. The summed E-state index contributed by atoms with van der Waals surface area (Å²) < 4.78 is 0. The lowest BCUT2D eigenvalue weighted by molar-refractivity contribution is 0.185. The van der Waals surface area contributed by atoms with E-state index < -0.39 is 0 Å². The van der Waals surface area contributed by atoms with Crippen molar-refractivity contribution in [2.24, 2.45) is 0 Å². The van der Waals surface area contributed by atoms with Crippen LogP contribution in [0, 0.1) is 6.92 Å². The highest BCUT2D eigenvalue weighted by atomic mass is 16.3. The number of hydrogen-bond donors (Lipinski definition) is 1. The van der Waals surface area contributed by atoms with Gasteiger partial charge in [-0.2, -0.15) is 0 Å². The highest BCUT2D eigenvalue weighted by molar-refractivity contribution is 5.67. The maximum atomic E-state index is 9.34. The average Bonchev–Trinajstić information content (AvgIpc) is 2.37. The lowest BCUT2D eigenvalue weighted by Crippen LogP contribution is -2.01. The molecule has 2 rings (SSSR count). The second kappa shape index (κ2) is 5.83. The molecule has 2 aromatic carbocycles. The van der Waals surface area contributed by atoms with Gasteiger partial charge in [-0.3, -0.25) is 0 Å². The molecule has 1 atom stereocenters. The Kier molecular flexibility index (Phi) is 4.16. The normalized spacial score (nSPS) is 12.4. The third-order valence-electron chi connectivity index (χ3n) is 3.23. The number of aryl methyl sites for hydroxylation is 2. The maximum absolute atomic E-state index is 9.34. The molecule has 0 unspecified atom stereocenters. The summed E-state index contributed by atoms with van der Waals surface area (Å²) >= 11 is 0. The van der Waals surface area contributed by atoms with Crippen LogP contribution in [0.3, 0.4) is 0 Å². The second-order valence-electron chi connectivity index (χ2n) is 4.90. The Morgan fingerprint density at radius 3 is 2.56 bits per heavy atom. The first-order chi connectivity index (χ1) is 8.66. The quantitative estimate of drug-likeness (QED) is 0.857. The molecular weight excluding hydrogens is 220 g/mol. The van der Waals surface area contributed by atoms with E-state index in [0.717, 1.165) is 12.8 Å². The minimum atomic E-state index is -0.230. The third-order valence-corrected chi connectivity index (χ3v) is 3.23. The van der Waals surface area contributed by atoms with Gasteiger partial charge < -0.3 is 5.11 Å². The number of aliphatic hydroxyl groups excluding tert-OH is 1. The highest BCUT2D eigenvalue weighted by Crippen LogP contribution is 2.24. The van der Waals surface area contributed by atoms with Crippen LogP contribution in [0.25, 0.3) is 11.1 Å². The van der Waals surface area contributed by atoms with Gasteiger partial charge in [0.05, 0.1) is 6.10 Å². The van der Waals surface area contributed by atoms with Gasteiger partial charge in [-0.1, -0.05) is 48.5 Å². The van der Waals surface area contributed by atoms with Crippen molar-refractivity contribution in [3.05, 3.63) is 59.7 Å². The number of hydrogen-bond acceptors (Lipinski definition) is 1. The van der Waals surface area contributed by atoms with Crippen LogP contribution in [0.1, 0.15) is 24.5 Å². The van der Waals surface area contributed by atoms with Crippen molar-refractivity contribution in [1.29, 1.82) is 0 Å². The average molecular weight is 240 g/mol. The highest BCUT2D eigenvalue weighted by Gasteiger charge is 2.03. The first kappa shape index (κ1) is 12.8. The molecule has 0 aliphatic heterocycles. The zero-order valence-corrected chi connectivity index (χ0v) is 11.1. The smallest absolute Gasteiger partial charge is 0.0515 e. The van der Waals surface area contributed by atoms with Crippen molar-refractivity contribution < 1.29 is 5.11 Å². The van der Waals surface area contributed by atoms with Crippen LogP contribution in [-0.2, 0) is 6.42 Å². The van der Waals surface area contributed by atoms with Crippen LogP contribution < -0.4 is 0 Å². The minimum Gasteiger partial charge on any atom is -0.393 e. The van der Waals surface area contributed by atoms with E-state index in [2.05, 4.69) is 55.5 Å². The topological polar surface area (TPSA) is 20.2 Å². The molecule has 1 nitrogen and oxygen atoms in total. The molecule has 1 N–H and O–H groups in total. The monoisotopic (exact) mass is 240 g/mol. The maximum Gasteiger partial charge on any atom is 0.0515 e. The fraction of sp³-hybridized carbons (Fsp3) is 0.294. The van der Waals surface area contributed by atoms with Crippen LogP contribution in [0.5, 0.6) is 0 Å². The Morgan fingerprint density at radius 1 is 1.06 bits per heavy atom. The van der Waals surface area contributed by atoms with E-state index >= 15 is 0 Å². The lowest BCUT2D eigenvalue weighted by atomic mass is 9.97. The lowest BCUT2D eigenvalue weighted by Gasteiger charge is -2.09. The molecular formula is C17H20O. The van der Waals surface area contributed by atoms with Gasteiger partial charge in [-0.05, 0) is 48.9 Å². The molecule has 0 fully saturated rings. The van der Waals surface area contributed by atoms with Crippen LogP contribution >= 0.6 is 0 Å². The summed E-state index contributed by atoms with van der Waals surface area (Å²) in [5.74, 6) is 0. The van der Waals surface area contributed by atoms with Gasteiger partial charge in [0.2, 0.25) is 0 Å². The van der Waals surface area contributed by atoms with Crippen LogP contribution in [0.2, 0.25) is 0 Å². The first-order valence-corrected chi connectivity index (χ1v) is 6.50. The summed E-state index contributed by atoms with van der Waals surface area (Å²) in [4.78, 5) is 0. The molecule has 18 heavy (non-hydrogen) atoms. The number of benzene rings is 2. The molecule has 0 saturated heterocycles. The SMILES string of the molecule is Cc1ccccc1-c1cccc(CC[C@@H](C)O)c1. The summed E-state index contributed by atoms with van der Waals surface area (Å²) in [5.41, 5.74) is 5.13. The minimum absolute atomic E-state index is 0.230. The van der Waals surface area contributed by atoms with Gasteiger partial charge in [-0.25, -0.2) is 0 Å². The molecule has 2 aromatic rings. The zero-order valence-electron chi connectivity index (χ0n) is 11.1. The third kappa shape index (κ3) is 3.21. The van der Waals surface area contributed by atoms with E-state index in [-0.39, 0.29) is 6.10 Å². The predicted octanol–water partition coefficient (Wildman–Crippen LogP) is 3.98. The molecule has 94 valence electrons. The summed E-state index contributed by atoms with van der Waals surface area (Å²) in [6, 6.07) is 17.0. The molecule has 0 radical (unpaired) electrons. The van der Waals surface area contributed by atoms with Gasteiger partial charge in [0, 0.05) is 0 Å². The van der Waals surface area contributed by atoms with Crippen molar-refractivity contribution in [2.45, 2.75) is 32.8 Å². The molecule has 0 saturated carbocycles. The van der Waals surface area contributed by atoms with Gasteiger partial charge in [0.1, 0.15) is 0 Å². The van der Waals surface area contributed by atoms with E-state index in [1.165, 1.54) is 22.3 Å². The number of aliphatic hydroxyl groups is 1. The Hall–Kier alpha value is -1.60. The van der Waals surface area contributed by atoms with Crippen molar-refractivity contribution in [3.63, 3.8) is 0 Å². The Balaban J connectivity index is 2.25. The molecule has 0 aromatic heterocycles. The Morgan fingerprint density at radius 2 is 1.83 bits per heavy atom. The van der Waals surface area contributed by atoms with E-state index in [4.69, 9.17) is 0 Å². The summed E-state index contributed by atoms with van der Waals surface area (Å²) in [6.07, 6.45) is 1.52. The van der Waals surface area contributed by atoms with Crippen molar-refractivity contribution in [1.82, 2.24) is 0 Å². The van der Waals surface area contributed by atoms with E-state index in [1.54, 1.807) is 0 Å². The standard InChI is InChI=1S/C17H20O/c1-13-6-3-4-9-17(13)16-8-5-7-15(12-16)11-10-14(2)18/h3-9,12,14,18H,10-11H2,1-2H3/t14-/m1/s1. The Labute approximate surface area is 109 Å². The van der Waals surface area contributed by atoms with Crippen molar-refractivity contribution in [3.8, 4) is 11.1 Å². The summed E-state index contributed by atoms with van der Waals surface area (Å²) in [7, 11) is 0. The van der Waals surface area contributed by atoms with E-state index in [0.29, 0.717) is 0 Å². The predicted molar refractivity (Wildman–Crippen MR) is 76.6 cm³/mol. The molecule has 0 heterocycles. The van der Waals surface area contributed by atoms with Gasteiger partial charge in [0.15, 0.2) is 0 Å². The van der Waals surface area contributed by atoms with Crippen molar-refractivity contribution in [2.75, 3.05) is 0 Å². The molecule has 0 bridgehead atoms. The fourth-order valence-corrected chi connectivity index (χ4v) is 2.17. The number of rotatable bonds is 4. The summed E-state index contributed by atoms with van der Waals surface area (Å²) in [6.45, 7) is 3.98. The first-order valence-electron chi connectivity index (χ1n) is 6.50. The zero-order chi connectivity index (χ0) is 13.0. The van der Waals surface area contributed by atoms with Gasteiger partial charge in [0.25, 0.3) is 0 Å².